The summed E-state index contributed by atoms with van der Waals surface area (Å²) < 4.78 is 10.3. The number of ether oxygens (including phenoxy) is 2. The number of halogens is 1. The van der Waals surface area contributed by atoms with Crippen molar-refractivity contribution in [3.8, 4) is 0 Å². The highest BCUT2D eigenvalue weighted by molar-refractivity contribution is 6.31. The second-order valence-electron chi connectivity index (χ2n) is 6.60. The molecular weight excluding hydrogens is 392 g/mol. The van der Waals surface area contributed by atoms with Crippen molar-refractivity contribution < 1.29 is 19.1 Å². The zero-order valence-electron chi connectivity index (χ0n) is 16.4. The molecule has 1 heterocycles. The third-order valence-electron chi connectivity index (χ3n) is 4.74. The number of rotatable bonds is 7. The van der Waals surface area contributed by atoms with Crippen molar-refractivity contribution >= 4 is 23.6 Å². The minimum atomic E-state index is -0.696. The molecule has 2 aromatic rings. The van der Waals surface area contributed by atoms with Crippen LogP contribution in [0.15, 0.2) is 65.9 Å². The lowest BCUT2D eigenvalue weighted by Crippen LogP contribution is -2.47. The molecule has 0 bridgehead atoms. The van der Waals surface area contributed by atoms with Gasteiger partial charge >= 0.3 is 12.0 Å². The van der Waals surface area contributed by atoms with E-state index < -0.39 is 12.0 Å². The molecule has 2 aromatic carbocycles. The van der Waals surface area contributed by atoms with E-state index in [4.69, 9.17) is 21.1 Å². The molecule has 0 spiro atoms. The van der Waals surface area contributed by atoms with Crippen LogP contribution in [0.2, 0.25) is 5.02 Å². The number of nitrogens with one attached hydrogen (secondary N) is 1. The van der Waals surface area contributed by atoms with E-state index in [1.54, 1.807) is 25.1 Å². The van der Waals surface area contributed by atoms with Gasteiger partial charge in [-0.1, -0.05) is 60.1 Å². The first-order valence-electron chi connectivity index (χ1n) is 9.26. The molecule has 1 atom stereocenters. The van der Waals surface area contributed by atoms with Crippen LogP contribution in [0.5, 0.6) is 0 Å². The highest BCUT2D eigenvalue weighted by atomic mass is 35.5. The summed E-state index contributed by atoms with van der Waals surface area (Å²) in [4.78, 5) is 27.4. The minimum absolute atomic E-state index is 0.119. The first-order valence-corrected chi connectivity index (χ1v) is 9.64. The fourth-order valence-corrected chi connectivity index (χ4v) is 3.48. The molecule has 0 aliphatic carbocycles. The topological polar surface area (TPSA) is 67.9 Å². The maximum atomic E-state index is 12.9. The number of methoxy groups -OCH3 is 1. The van der Waals surface area contributed by atoms with Gasteiger partial charge in [-0.25, -0.2) is 9.59 Å². The maximum Gasteiger partial charge on any atom is 0.338 e. The number of allylic oxidation sites excluding steroid dienone is 1. The average Bonchev–Trinajstić information content (AvgIpc) is 2.72. The van der Waals surface area contributed by atoms with Gasteiger partial charge in [0, 0.05) is 17.8 Å². The molecule has 0 saturated carbocycles. The van der Waals surface area contributed by atoms with Crippen molar-refractivity contribution in [3.05, 3.63) is 82.0 Å². The van der Waals surface area contributed by atoms with Crippen molar-refractivity contribution in [2.24, 2.45) is 0 Å². The van der Waals surface area contributed by atoms with E-state index in [9.17, 15) is 9.59 Å². The van der Waals surface area contributed by atoms with E-state index in [2.05, 4.69) is 5.32 Å². The summed E-state index contributed by atoms with van der Waals surface area (Å²) in [5, 5.41) is 3.37. The minimum Gasteiger partial charge on any atom is -0.460 e. The molecule has 1 N–H and O–H groups in total. The molecule has 152 valence electrons. The molecule has 0 fully saturated rings. The normalized spacial score (nSPS) is 16.6. The number of carbonyl (C=O) groups excluding carboxylic acids is 2. The van der Waals surface area contributed by atoms with Crippen molar-refractivity contribution in [2.75, 3.05) is 20.3 Å². The van der Waals surface area contributed by atoms with Crippen LogP contribution >= 0.6 is 11.6 Å². The van der Waals surface area contributed by atoms with Crippen molar-refractivity contribution in [1.82, 2.24) is 10.2 Å². The summed E-state index contributed by atoms with van der Waals surface area (Å²) in [6.07, 6.45) is 0. The van der Waals surface area contributed by atoms with Crippen molar-refractivity contribution in [1.29, 1.82) is 0 Å². The molecule has 1 aliphatic rings. The Balaban J connectivity index is 2.00. The predicted octanol–water partition coefficient (Wildman–Crippen LogP) is 4.07. The number of carbonyl (C=O) groups is 2. The number of esters is 1. The second-order valence-corrected chi connectivity index (χ2v) is 7.01. The van der Waals surface area contributed by atoms with Crippen LogP contribution in [-0.2, 0) is 20.8 Å². The van der Waals surface area contributed by atoms with Gasteiger partial charge in [0.1, 0.15) is 6.61 Å². The fraction of sp³-hybridized carbons (Fsp3) is 0.273. The van der Waals surface area contributed by atoms with Gasteiger partial charge < -0.3 is 14.8 Å². The molecule has 1 aliphatic heterocycles. The van der Waals surface area contributed by atoms with Gasteiger partial charge in [-0.15, -0.1) is 0 Å². The summed E-state index contributed by atoms with van der Waals surface area (Å²) in [7, 11) is 1.54. The SMILES string of the molecule is COCCOC(=O)C1=C(C)N(Cc2ccccc2)C(=O)N[C@H]1c1ccccc1Cl. The van der Waals surface area contributed by atoms with Crippen LogP contribution in [-0.4, -0.2) is 37.2 Å². The highest BCUT2D eigenvalue weighted by Gasteiger charge is 2.37. The standard InChI is InChI=1S/C22H23ClN2O4/c1-15-19(21(26)29-13-12-28-2)20(17-10-6-7-11-18(17)23)24-22(27)25(15)14-16-8-4-3-5-9-16/h3-11,20H,12-14H2,1-2H3,(H,24,27)/t20-/m0/s1. The number of nitrogens with zero attached hydrogens (tertiary/aromatic N) is 1. The molecule has 6 nitrogen and oxygen atoms in total. The van der Waals surface area contributed by atoms with Gasteiger partial charge in [-0.2, -0.15) is 0 Å². The van der Waals surface area contributed by atoms with E-state index in [1.165, 1.54) is 12.0 Å². The van der Waals surface area contributed by atoms with Crippen molar-refractivity contribution in [2.45, 2.75) is 19.5 Å². The zero-order chi connectivity index (χ0) is 20.8. The third kappa shape index (κ3) is 4.78. The molecule has 0 aromatic heterocycles. The van der Waals surface area contributed by atoms with Crippen LogP contribution in [0, 0.1) is 0 Å². The van der Waals surface area contributed by atoms with Gasteiger partial charge in [0.15, 0.2) is 0 Å². The van der Waals surface area contributed by atoms with E-state index >= 15 is 0 Å². The largest absolute Gasteiger partial charge is 0.460 e. The Hall–Kier alpha value is -2.83. The molecule has 29 heavy (non-hydrogen) atoms. The summed E-state index contributed by atoms with van der Waals surface area (Å²) in [5.74, 6) is -0.512. The number of hydrogen-bond donors (Lipinski definition) is 1. The molecule has 0 saturated heterocycles. The van der Waals surface area contributed by atoms with Gasteiger partial charge in [0.2, 0.25) is 0 Å². The van der Waals surface area contributed by atoms with Crippen LogP contribution in [0.3, 0.4) is 0 Å². The lowest BCUT2D eigenvalue weighted by Gasteiger charge is -2.35. The molecule has 7 heteroatoms. The van der Waals surface area contributed by atoms with E-state index in [-0.39, 0.29) is 19.2 Å². The Bertz CT molecular complexity index is 914. The lowest BCUT2D eigenvalue weighted by atomic mass is 9.94. The molecule has 0 unspecified atom stereocenters. The summed E-state index contributed by atoms with van der Waals surface area (Å²) in [6.45, 7) is 2.49. The third-order valence-corrected chi connectivity index (χ3v) is 5.08. The average molecular weight is 415 g/mol. The number of amides is 2. The van der Waals surface area contributed by atoms with E-state index in [0.29, 0.717) is 28.4 Å². The fourth-order valence-electron chi connectivity index (χ4n) is 3.24. The number of benzene rings is 2. The van der Waals surface area contributed by atoms with E-state index in [1.807, 2.05) is 36.4 Å². The smallest absolute Gasteiger partial charge is 0.338 e. The molecular formula is C22H23ClN2O4. The molecule has 0 radical (unpaired) electrons. The number of hydrogen-bond acceptors (Lipinski definition) is 4. The van der Waals surface area contributed by atoms with Gasteiger partial charge in [-0.05, 0) is 24.1 Å². The highest BCUT2D eigenvalue weighted by Crippen LogP contribution is 2.35. The Labute approximate surface area is 175 Å². The Kier molecular flexibility index (Phi) is 6.90. The first-order chi connectivity index (χ1) is 14.0. The Morgan fingerprint density at radius 2 is 1.79 bits per heavy atom. The Morgan fingerprint density at radius 1 is 1.10 bits per heavy atom. The summed E-state index contributed by atoms with van der Waals surface area (Å²) in [6, 6.07) is 15.7. The quantitative estimate of drug-likeness (QED) is 0.547. The predicted molar refractivity (Wildman–Crippen MR) is 110 cm³/mol. The summed E-state index contributed by atoms with van der Waals surface area (Å²) >= 11 is 6.36. The molecule has 3 rings (SSSR count). The first kappa shape index (κ1) is 20.9. The zero-order valence-corrected chi connectivity index (χ0v) is 17.1. The Morgan fingerprint density at radius 3 is 2.48 bits per heavy atom. The lowest BCUT2D eigenvalue weighted by molar-refractivity contribution is -0.140. The van der Waals surface area contributed by atoms with Crippen LogP contribution in [0.4, 0.5) is 4.79 Å². The maximum absolute atomic E-state index is 12.9. The van der Waals surface area contributed by atoms with Crippen molar-refractivity contribution in [3.63, 3.8) is 0 Å². The summed E-state index contributed by atoms with van der Waals surface area (Å²) in [5.41, 5.74) is 2.47. The van der Waals surface area contributed by atoms with Crippen LogP contribution in [0.25, 0.3) is 0 Å². The van der Waals surface area contributed by atoms with E-state index in [0.717, 1.165) is 5.56 Å². The second kappa shape index (κ2) is 9.58. The number of urea groups is 1. The monoisotopic (exact) mass is 414 g/mol. The van der Waals surface area contributed by atoms with Gasteiger partial charge in [-0.3, -0.25) is 4.90 Å². The molecule has 2 amide bonds. The van der Waals surface area contributed by atoms with Gasteiger partial charge in [0.05, 0.1) is 24.8 Å². The van der Waals surface area contributed by atoms with Gasteiger partial charge in [0.25, 0.3) is 0 Å². The van der Waals surface area contributed by atoms with Crippen LogP contribution < -0.4 is 5.32 Å². The van der Waals surface area contributed by atoms with Crippen LogP contribution in [0.1, 0.15) is 24.1 Å².